The predicted octanol–water partition coefficient (Wildman–Crippen LogP) is 3.62. The standard InChI is InChI=1S/C22H22N2O5/c1-27-13-20(25)24-10-4-6-14-8-9-16(12-17(14)24)23-22(26)19-11-15-5-3-7-18(28-2)21(15)29-19/h3,5,7-9,11-12H,4,6,10,13H2,1-2H3,(H,23,26). The van der Waals surface area contributed by atoms with Gasteiger partial charge in [-0.1, -0.05) is 18.2 Å². The molecule has 1 aliphatic heterocycles. The summed E-state index contributed by atoms with van der Waals surface area (Å²) in [5.41, 5.74) is 3.01. The summed E-state index contributed by atoms with van der Waals surface area (Å²) in [5.74, 6) is 0.298. The van der Waals surface area contributed by atoms with Gasteiger partial charge in [0.2, 0.25) is 0 Å². The lowest BCUT2D eigenvalue weighted by Gasteiger charge is -2.29. The number of carbonyl (C=O) groups is 2. The molecule has 2 heterocycles. The fourth-order valence-electron chi connectivity index (χ4n) is 3.61. The first-order valence-electron chi connectivity index (χ1n) is 9.41. The van der Waals surface area contributed by atoms with Crippen LogP contribution in [0.2, 0.25) is 0 Å². The van der Waals surface area contributed by atoms with Crippen LogP contribution in [0, 0.1) is 0 Å². The average molecular weight is 394 g/mol. The van der Waals surface area contributed by atoms with E-state index in [0.29, 0.717) is 23.6 Å². The monoisotopic (exact) mass is 394 g/mol. The van der Waals surface area contributed by atoms with Crippen LogP contribution in [0.3, 0.4) is 0 Å². The number of hydrogen-bond acceptors (Lipinski definition) is 5. The molecule has 29 heavy (non-hydrogen) atoms. The smallest absolute Gasteiger partial charge is 0.291 e. The Morgan fingerprint density at radius 2 is 2.03 bits per heavy atom. The molecule has 1 aromatic heterocycles. The normalized spacial score (nSPS) is 13.2. The Morgan fingerprint density at radius 3 is 2.83 bits per heavy atom. The average Bonchev–Trinajstić information content (AvgIpc) is 3.18. The molecule has 1 aliphatic rings. The van der Waals surface area contributed by atoms with Crippen LogP contribution in [-0.4, -0.2) is 39.2 Å². The first-order valence-corrected chi connectivity index (χ1v) is 9.41. The molecule has 0 saturated heterocycles. The number of amides is 2. The molecular formula is C22H22N2O5. The molecule has 3 aromatic rings. The summed E-state index contributed by atoms with van der Waals surface area (Å²) in [4.78, 5) is 26.8. The minimum atomic E-state index is -0.367. The second-order valence-electron chi connectivity index (χ2n) is 6.87. The fraction of sp³-hybridized carbons (Fsp3) is 0.273. The third kappa shape index (κ3) is 3.69. The van der Waals surface area contributed by atoms with Gasteiger partial charge in [-0.05, 0) is 42.7 Å². The van der Waals surface area contributed by atoms with Gasteiger partial charge in [0.1, 0.15) is 6.61 Å². The van der Waals surface area contributed by atoms with Gasteiger partial charge < -0.3 is 24.1 Å². The lowest BCUT2D eigenvalue weighted by Crippen LogP contribution is -2.37. The van der Waals surface area contributed by atoms with E-state index in [2.05, 4.69) is 5.32 Å². The quantitative estimate of drug-likeness (QED) is 0.715. The third-order valence-electron chi connectivity index (χ3n) is 4.98. The highest BCUT2D eigenvalue weighted by Crippen LogP contribution is 2.32. The molecule has 0 spiro atoms. The minimum absolute atomic E-state index is 0.0246. The van der Waals surface area contributed by atoms with E-state index >= 15 is 0 Å². The van der Waals surface area contributed by atoms with Crippen molar-refractivity contribution in [3.05, 3.63) is 53.8 Å². The highest BCUT2D eigenvalue weighted by atomic mass is 16.5. The Kier molecular flexibility index (Phi) is 5.22. The van der Waals surface area contributed by atoms with E-state index in [-0.39, 0.29) is 24.2 Å². The predicted molar refractivity (Wildman–Crippen MR) is 110 cm³/mol. The van der Waals surface area contributed by atoms with Crippen molar-refractivity contribution in [3.8, 4) is 5.75 Å². The van der Waals surface area contributed by atoms with E-state index in [9.17, 15) is 9.59 Å². The summed E-state index contributed by atoms with van der Waals surface area (Å²) in [5, 5.41) is 3.64. The molecule has 7 heteroatoms. The molecule has 0 fully saturated rings. The molecule has 2 amide bonds. The molecule has 4 rings (SSSR count). The number of furan rings is 1. The highest BCUT2D eigenvalue weighted by molar-refractivity contribution is 6.05. The van der Waals surface area contributed by atoms with E-state index in [1.165, 1.54) is 7.11 Å². The number of aryl methyl sites for hydroxylation is 1. The maximum absolute atomic E-state index is 12.7. The molecule has 0 bridgehead atoms. The minimum Gasteiger partial charge on any atom is -0.493 e. The van der Waals surface area contributed by atoms with Crippen molar-refractivity contribution in [1.29, 1.82) is 0 Å². The van der Waals surface area contributed by atoms with Crippen molar-refractivity contribution in [3.63, 3.8) is 0 Å². The Bertz CT molecular complexity index is 1070. The molecule has 0 atom stereocenters. The Balaban J connectivity index is 1.59. The highest BCUT2D eigenvalue weighted by Gasteiger charge is 2.23. The maximum Gasteiger partial charge on any atom is 0.291 e. The van der Waals surface area contributed by atoms with Crippen LogP contribution in [0.5, 0.6) is 5.75 Å². The number of benzene rings is 2. The number of hydrogen-bond donors (Lipinski definition) is 1. The second kappa shape index (κ2) is 7.97. The van der Waals surface area contributed by atoms with Gasteiger partial charge in [0, 0.05) is 30.4 Å². The van der Waals surface area contributed by atoms with Gasteiger partial charge in [0.15, 0.2) is 17.1 Å². The van der Waals surface area contributed by atoms with E-state index < -0.39 is 0 Å². The van der Waals surface area contributed by atoms with Crippen LogP contribution >= 0.6 is 0 Å². The van der Waals surface area contributed by atoms with Gasteiger partial charge in [-0.15, -0.1) is 0 Å². The molecule has 1 N–H and O–H groups in total. The van der Waals surface area contributed by atoms with Gasteiger partial charge in [0.05, 0.1) is 7.11 Å². The van der Waals surface area contributed by atoms with Crippen molar-refractivity contribution < 1.29 is 23.5 Å². The van der Waals surface area contributed by atoms with Gasteiger partial charge in [-0.3, -0.25) is 9.59 Å². The van der Waals surface area contributed by atoms with Crippen LogP contribution in [0.25, 0.3) is 11.0 Å². The summed E-state index contributed by atoms with van der Waals surface area (Å²) in [6.45, 7) is 0.660. The zero-order valence-corrected chi connectivity index (χ0v) is 16.4. The van der Waals surface area contributed by atoms with Crippen molar-refractivity contribution in [2.75, 3.05) is 37.6 Å². The molecule has 0 radical (unpaired) electrons. The SMILES string of the molecule is COCC(=O)N1CCCc2ccc(NC(=O)c3cc4cccc(OC)c4o3)cc21. The van der Waals surface area contributed by atoms with Gasteiger partial charge in [-0.2, -0.15) is 0 Å². The molecule has 7 nitrogen and oxygen atoms in total. The molecule has 0 saturated carbocycles. The van der Waals surface area contributed by atoms with Crippen LogP contribution in [-0.2, 0) is 16.0 Å². The van der Waals surface area contributed by atoms with Crippen LogP contribution in [0.1, 0.15) is 22.5 Å². The van der Waals surface area contributed by atoms with Crippen LogP contribution in [0.15, 0.2) is 46.9 Å². The van der Waals surface area contributed by atoms with Crippen molar-refractivity contribution in [2.45, 2.75) is 12.8 Å². The second-order valence-corrected chi connectivity index (χ2v) is 6.87. The first kappa shape index (κ1) is 19.0. The number of ether oxygens (including phenoxy) is 2. The largest absolute Gasteiger partial charge is 0.493 e. The zero-order valence-electron chi connectivity index (χ0n) is 16.4. The van der Waals surface area contributed by atoms with Gasteiger partial charge in [0.25, 0.3) is 11.8 Å². The number of nitrogens with one attached hydrogen (secondary N) is 1. The maximum atomic E-state index is 12.7. The number of anilines is 2. The van der Waals surface area contributed by atoms with Crippen molar-refractivity contribution >= 4 is 34.2 Å². The number of carbonyl (C=O) groups excluding carboxylic acids is 2. The lowest BCUT2D eigenvalue weighted by atomic mass is 10.0. The summed E-state index contributed by atoms with van der Waals surface area (Å²) in [6.07, 6.45) is 1.79. The molecule has 150 valence electrons. The van der Waals surface area contributed by atoms with E-state index in [4.69, 9.17) is 13.9 Å². The van der Waals surface area contributed by atoms with Crippen LogP contribution in [0.4, 0.5) is 11.4 Å². The van der Waals surface area contributed by atoms with Gasteiger partial charge >= 0.3 is 0 Å². The fourth-order valence-corrected chi connectivity index (χ4v) is 3.61. The lowest BCUT2D eigenvalue weighted by molar-refractivity contribution is -0.122. The van der Waals surface area contributed by atoms with E-state index in [0.717, 1.165) is 29.5 Å². The van der Waals surface area contributed by atoms with Crippen LogP contribution < -0.4 is 15.0 Å². The molecule has 0 unspecified atom stereocenters. The summed E-state index contributed by atoms with van der Waals surface area (Å²) < 4.78 is 16.0. The Labute approximate surface area is 168 Å². The van der Waals surface area contributed by atoms with E-state index in [1.54, 1.807) is 24.1 Å². The number of fused-ring (bicyclic) bond motifs is 2. The molecule has 2 aromatic carbocycles. The number of methoxy groups -OCH3 is 2. The summed E-state index contributed by atoms with van der Waals surface area (Å²) in [7, 11) is 3.06. The topological polar surface area (TPSA) is 81.0 Å². The van der Waals surface area contributed by atoms with E-state index in [1.807, 2.05) is 30.3 Å². The Morgan fingerprint density at radius 1 is 1.17 bits per heavy atom. The number of nitrogens with zero attached hydrogens (tertiary/aromatic N) is 1. The Hall–Kier alpha value is -3.32. The van der Waals surface area contributed by atoms with Crippen molar-refractivity contribution in [2.24, 2.45) is 0 Å². The molecular weight excluding hydrogens is 372 g/mol. The van der Waals surface area contributed by atoms with Crippen molar-refractivity contribution in [1.82, 2.24) is 0 Å². The summed E-state index contributed by atoms with van der Waals surface area (Å²) >= 11 is 0. The first-order chi connectivity index (χ1) is 14.1. The summed E-state index contributed by atoms with van der Waals surface area (Å²) in [6, 6.07) is 12.8. The third-order valence-corrected chi connectivity index (χ3v) is 4.98. The molecule has 0 aliphatic carbocycles. The van der Waals surface area contributed by atoms with Gasteiger partial charge in [-0.25, -0.2) is 0 Å². The number of rotatable bonds is 5. The number of para-hydroxylation sites is 1. The zero-order chi connectivity index (χ0) is 20.4.